The van der Waals surface area contributed by atoms with Crippen LogP contribution in [0.1, 0.15) is 0 Å². The van der Waals surface area contributed by atoms with E-state index in [0.29, 0.717) is 11.4 Å². The first-order valence-electron chi connectivity index (χ1n) is 5.94. The van der Waals surface area contributed by atoms with Crippen molar-refractivity contribution in [2.24, 2.45) is 0 Å². The average Bonchev–Trinajstić information content (AvgIpc) is 2.39. The number of rotatable bonds is 4. The molecule has 0 aromatic heterocycles. The number of nitrogens with two attached hydrogens (primary N) is 1. The van der Waals surface area contributed by atoms with Crippen molar-refractivity contribution in [2.45, 2.75) is 12.2 Å². The zero-order valence-corrected chi connectivity index (χ0v) is 10.6. The Morgan fingerprint density at radius 2 is 1.30 bits per heavy atom. The maximum Gasteiger partial charge on any atom is 0.322 e. The molecule has 0 spiro atoms. The summed E-state index contributed by atoms with van der Waals surface area (Å²) in [4.78, 5) is 0. The van der Waals surface area contributed by atoms with Gasteiger partial charge >= 0.3 is 5.97 Å². The summed E-state index contributed by atoms with van der Waals surface area (Å²) in [5.41, 5.74) is 8.64. The predicted octanol–water partition coefficient (Wildman–Crippen LogP) is 0.297. The smallest absolute Gasteiger partial charge is 0.322 e. The summed E-state index contributed by atoms with van der Waals surface area (Å²) >= 11 is 0. The number of anilines is 2. The Balaban J connectivity index is 2.12. The van der Waals surface area contributed by atoms with Gasteiger partial charge in [0.25, 0.3) is 0 Å². The number of aliphatic hydroxyl groups excluding tert-OH is 1. The molecule has 0 saturated heterocycles. The van der Waals surface area contributed by atoms with Gasteiger partial charge in [0.2, 0.25) is 6.23 Å². The van der Waals surface area contributed by atoms with E-state index in [0.717, 1.165) is 11.1 Å². The van der Waals surface area contributed by atoms with Crippen LogP contribution in [0.5, 0.6) is 0 Å². The minimum absolute atomic E-state index is 0.429. The van der Waals surface area contributed by atoms with Gasteiger partial charge in [0.1, 0.15) is 0 Å². The normalized spacial score (nSPS) is 13.0. The minimum Gasteiger partial charge on any atom is -0.399 e. The van der Waals surface area contributed by atoms with Gasteiger partial charge < -0.3 is 31.5 Å². The van der Waals surface area contributed by atoms with Gasteiger partial charge in [0, 0.05) is 11.4 Å². The molecule has 6 heteroatoms. The third-order valence-corrected chi connectivity index (χ3v) is 2.80. The van der Waals surface area contributed by atoms with Crippen LogP contribution in [0.3, 0.4) is 0 Å². The second-order valence-corrected chi connectivity index (χ2v) is 4.43. The molecule has 106 valence electrons. The Bertz CT molecular complexity index is 561. The molecule has 0 fully saturated rings. The molecule has 0 heterocycles. The van der Waals surface area contributed by atoms with E-state index in [1.165, 1.54) is 0 Å². The van der Waals surface area contributed by atoms with Gasteiger partial charge in [0.05, 0.1) is 0 Å². The molecule has 1 atom stereocenters. The number of nitrogen functional groups attached to an aromatic ring is 1. The van der Waals surface area contributed by atoms with Crippen molar-refractivity contribution in [1.29, 1.82) is 0 Å². The zero-order chi connectivity index (χ0) is 14.8. The van der Waals surface area contributed by atoms with Gasteiger partial charge in [-0.05, 0) is 35.4 Å². The third kappa shape index (κ3) is 3.46. The van der Waals surface area contributed by atoms with Gasteiger partial charge in [0.15, 0.2) is 0 Å². The topological polar surface area (TPSA) is 119 Å². The van der Waals surface area contributed by atoms with Gasteiger partial charge in [-0.15, -0.1) is 0 Å². The maximum atomic E-state index is 9.28. The Hall–Kier alpha value is -2.12. The van der Waals surface area contributed by atoms with Gasteiger partial charge in [-0.3, -0.25) is 0 Å². The standard InChI is InChI=1S/C14H16N2O4/c15-11-5-1-9(2-6-11)10-3-7-12(8-4-10)16-13(17)14(18,19)20/h1-8,13,16-20H,15H2. The molecular formula is C14H16N2O4. The molecule has 0 aliphatic rings. The molecule has 6 nitrogen and oxygen atoms in total. The lowest BCUT2D eigenvalue weighted by molar-refractivity contribution is -0.348. The molecule has 0 amide bonds. The number of hydrogen-bond acceptors (Lipinski definition) is 6. The fraction of sp³-hybridized carbons (Fsp3) is 0.143. The SMILES string of the molecule is Nc1ccc(-c2ccc(NC(O)C(O)(O)O)cc2)cc1. The quantitative estimate of drug-likeness (QED) is 0.353. The summed E-state index contributed by atoms with van der Waals surface area (Å²) in [6, 6.07) is 14.2. The highest BCUT2D eigenvalue weighted by Crippen LogP contribution is 2.23. The highest BCUT2D eigenvalue weighted by atomic mass is 16.7. The predicted molar refractivity (Wildman–Crippen MR) is 75.3 cm³/mol. The average molecular weight is 276 g/mol. The van der Waals surface area contributed by atoms with Crippen LogP contribution in [0.25, 0.3) is 11.1 Å². The van der Waals surface area contributed by atoms with Crippen molar-refractivity contribution < 1.29 is 20.4 Å². The van der Waals surface area contributed by atoms with E-state index in [1.54, 1.807) is 36.4 Å². The largest absolute Gasteiger partial charge is 0.399 e. The first kappa shape index (κ1) is 14.3. The van der Waals surface area contributed by atoms with Crippen LogP contribution in [0.2, 0.25) is 0 Å². The Morgan fingerprint density at radius 3 is 1.75 bits per heavy atom. The molecule has 2 aromatic carbocycles. The van der Waals surface area contributed by atoms with Crippen LogP contribution >= 0.6 is 0 Å². The Morgan fingerprint density at radius 1 is 0.850 bits per heavy atom. The lowest BCUT2D eigenvalue weighted by Crippen LogP contribution is -2.46. The fourth-order valence-electron chi connectivity index (χ4n) is 1.69. The zero-order valence-electron chi connectivity index (χ0n) is 10.6. The molecule has 1 unspecified atom stereocenters. The first-order chi connectivity index (χ1) is 9.36. The van der Waals surface area contributed by atoms with E-state index >= 15 is 0 Å². The van der Waals surface area contributed by atoms with Gasteiger partial charge in [-0.2, -0.15) is 0 Å². The number of nitrogens with one attached hydrogen (secondary N) is 1. The van der Waals surface area contributed by atoms with E-state index in [-0.39, 0.29) is 0 Å². The summed E-state index contributed by atoms with van der Waals surface area (Å²) in [7, 11) is 0. The monoisotopic (exact) mass is 276 g/mol. The second kappa shape index (κ2) is 5.48. The van der Waals surface area contributed by atoms with Crippen molar-refractivity contribution in [3.8, 4) is 11.1 Å². The molecule has 0 bridgehead atoms. The molecule has 20 heavy (non-hydrogen) atoms. The first-order valence-corrected chi connectivity index (χ1v) is 5.94. The van der Waals surface area contributed by atoms with Crippen LogP contribution in [-0.4, -0.2) is 32.6 Å². The van der Waals surface area contributed by atoms with Crippen molar-refractivity contribution in [2.75, 3.05) is 11.1 Å². The van der Waals surface area contributed by atoms with Crippen molar-refractivity contribution in [1.82, 2.24) is 0 Å². The second-order valence-electron chi connectivity index (χ2n) is 4.43. The van der Waals surface area contributed by atoms with E-state index in [4.69, 9.17) is 21.1 Å². The van der Waals surface area contributed by atoms with Crippen LogP contribution in [0.15, 0.2) is 48.5 Å². The van der Waals surface area contributed by atoms with Crippen molar-refractivity contribution >= 4 is 11.4 Å². The number of benzene rings is 2. The van der Waals surface area contributed by atoms with Gasteiger partial charge in [-0.1, -0.05) is 24.3 Å². The summed E-state index contributed by atoms with van der Waals surface area (Å²) in [5, 5.41) is 38.0. The molecular weight excluding hydrogens is 260 g/mol. The molecule has 2 rings (SSSR count). The van der Waals surface area contributed by atoms with Gasteiger partial charge in [-0.25, -0.2) is 0 Å². The van der Waals surface area contributed by atoms with E-state index in [9.17, 15) is 5.11 Å². The van der Waals surface area contributed by atoms with E-state index in [1.807, 2.05) is 12.1 Å². The maximum absolute atomic E-state index is 9.28. The lowest BCUT2D eigenvalue weighted by atomic mass is 10.1. The van der Waals surface area contributed by atoms with Crippen molar-refractivity contribution in [3.63, 3.8) is 0 Å². The highest BCUT2D eigenvalue weighted by Gasteiger charge is 2.30. The van der Waals surface area contributed by atoms with Crippen molar-refractivity contribution in [3.05, 3.63) is 48.5 Å². The third-order valence-electron chi connectivity index (χ3n) is 2.80. The molecule has 7 N–H and O–H groups in total. The fourth-order valence-corrected chi connectivity index (χ4v) is 1.69. The van der Waals surface area contributed by atoms with E-state index in [2.05, 4.69) is 5.32 Å². The van der Waals surface area contributed by atoms with Crippen LogP contribution in [0, 0.1) is 0 Å². The summed E-state index contributed by atoms with van der Waals surface area (Å²) in [6.45, 7) is 0. The summed E-state index contributed by atoms with van der Waals surface area (Å²) < 4.78 is 0. The number of aliphatic hydroxyl groups is 4. The minimum atomic E-state index is -3.20. The molecule has 0 saturated carbocycles. The van der Waals surface area contributed by atoms with Crippen LogP contribution in [-0.2, 0) is 0 Å². The Labute approximate surface area is 115 Å². The summed E-state index contributed by atoms with van der Waals surface area (Å²) in [6.07, 6.45) is -1.91. The molecule has 0 aliphatic heterocycles. The molecule has 2 aromatic rings. The Kier molecular flexibility index (Phi) is 3.91. The van der Waals surface area contributed by atoms with Crippen LogP contribution < -0.4 is 11.1 Å². The molecule has 0 radical (unpaired) electrons. The lowest BCUT2D eigenvalue weighted by Gasteiger charge is -2.22. The van der Waals surface area contributed by atoms with E-state index < -0.39 is 12.2 Å². The summed E-state index contributed by atoms with van der Waals surface area (Å²) in [5.74, 6) is -3.20. The highest BCUT2D eigenvalue weighted by molar-refractivity contribution is 5.67. The molecule has 0 aliphatic carbocycles. The number of hydrogen-bond donors (Lipinski definition) is 6. The van der Waals surface area contributed by atoms with Crippen LogP contribution in [0.4, 0.5) is 11.4 Å².